The number of aliphatic hydroxyl groups is 1. The molecule has 5 aliphatic rings. The normalized spacial score (nSPS) is 43.8. The number of Topliss-reactive ketones (excluding diaryl/α,β-unsaturated/α-hetero) is 1. The Morgan fingerprint density at radius 1 is 0.969 bits per heavy atom. The first-order valence-corrected chi connectivity index (χ1v) is 12.0. The molecule has 0 amide bonds. The number of rotatable bonds is 0. The highest BCUT2D eigenvalue weighted by atomic mass is 16.3. The fourth-order valence-corrected chi connectivity index (χ4v) is 8.35. The van der Waals surface area contributed by atoms with Crippen molar-refractivity contribution in [1.29, 1.82) is 0 Å². The highest BCUT2D eigenvalue weighted by molar-refractivity contribution is 6.09. The van der Waals surface area contributed by atoms with Crippen LogP contribution in [0, 0.1) is 34.0 Å². The van der Waals surface area contributed by atoms with Crippen molar-refractivity contribution < 1.29 is 19.5 Å². The zero-order chi connectivity index (χ0) is 23.4. The van der Waals surface area contributed by atoms with E-state index < -0.39 is 5.41 Å². The van der Waals surface area contributed by atoms with E-state index in [1.807, 2.05) is 0 Å². The lowest BCUT2D eigenvalue weighted by Gasteiger charge is -2.63. The first-order valence-electron chi connectivity index (χ1n) is 12.0. The smallest absolute Gasteiger partial charge is 0.220 e. The molecule has 0 radical (unpaired) electrons. The Hall–Kier alpha value is -2.23. The van der Waals surface area contributed by atoms with Crippen molar-refractivity contribution in [2.45, 2.75) is 73.6 Å². The zero-order valence-corrected chi connectivity index (χ0v) is 20.1. The highest BCUT2D eigenvalue weighted by Crippen LogP contribution is 2.69. The predicted molar refractivity (Wildman–Crippen MR) is 123 cm³/mol. The lowest BCUT2D eigenvalue weighted by Crippen LogP contribution is -2.57. The Morgan fingerprint density at radius 3 is 2.31 bits per heavy atom. The molecule has 0 aliphatic heterocycles. The van der Waals surface area contributed by atoms with Crippen molar-refractivity contribution in [3.05, 3.63) is 45.8 Å². The third-order valence-corrected chi connectivity index (χ3v) is 9.91. The van der Waals surface area contributed by atoms with Crippen LogP contribution in [-0.2, 0) is 14.4 Å². The van der Waals surface area contributed by atoms with Crippen molar-refractivity contribution in [1.82, 2.24) is 0 Å². The topological polar surface area (TPSA) is 71.4 Å². The number of carbonyl (C=O) groups excluding carboxylic acids is 3. The van der Waals surface area contributed by atoms with Gasteiger partial charge in [0.15, 0.2) is 11.5 Å². The van der Waals surface area contributed by atoms with E-state index >= 15 is 0 Å². The van der Waals surface area contributed by atoms with Gasteiger partial charge >= 0.3 is 0 Å². The van der Waals surface area contributed by atoms with Gasteiger partial charge in [0.2, 0.25) is 5.78 Å². The number of fused-ring (bicyclic) bond motifs is 7. The minimum Gasteiger partial charge on any atom is -0.504 e. The Labute approximate surface area is 190 Å². The standard InChI is InChI=1S/C28H34O4/c1-14-9-22-26(4,13-21(14)31)12-15(2)23-24-19(29)10-17-16(3)25(32)20(30)11-18(17)27(24,5)7-8-28(22,23)6/h10-11,14,22,24,32H,7-9,12-13H2,1-6H3/t14-,22-,24-,26+,27+,28+/m1/s1. The second-order valence-corrected chi connectivity index (χ2v) is 12.0. The largest absolute Gasteiger partial charge is 0.504 e. The van der Waals surface area contributed by atoms with Gasteiger partial charge in [-0.2, -0.15) is 0 Å². The number of carbonyl (C=O) groups is 3. The molecule has 5 rings (SSSR count). The van der Waals surface area contributed by atoms with Crippen LogP contribution >= 0.6 is 0 Å². The number of ketones is 3. The molecule has 0 unspecified atom stereocenters. The van der Waals surface area contributed by atoms with Gasteiger partial charge in [-0.3, -0.25) is 14.4 Å². The summed E-state index contributed by atoms with van der Waals surface area (Å²) in [6.07, 6.45) is 7.36. The minimum atomic E-state index is -0.460. The van der Waals surface area contributed by atoms with Crippen molar-refractivity contribution >= 4 is 17.3 Å². The second-order valence-electron chi connectivity index (χ2n) is 12.0. The summed E-state index contributed by atoms with van der Waals surface area (Å²) in [5, 5.41) is 10.2. The highest BCUT2D eigenvalue weighted by Gasteiger charge is 2.63. The van der Waals surface area contributed by atoms with Gasteiger partial charge < -0.3 is 5.11 Å². The Kier molecular flexibility index (Phi) is 4.34. The fourth-order valence-electron chi connectivity index (χ4n) is 8.35. The first-order chi connectivity index (χ1) is 14.8. The molecule has 6 atom stereocenters. The molecule has 0 saturated heterocycles. The molecule has 0 spiro atoms. The molecule has 32 heavy (non-hydrogen) atoms. The van der Waals surface area contributed by atoms with E-state index in [0.717, 1.165) is 36.8 Å². The van der Waals surface area contributed by atoms with E-state index in [2.05, 4.69) is 34.6 Å². The van der Waals surface area contributed by atoms with Gasteiger partial charge in [-0.05, 0) is 79.6 Å². The maximum Gasteiger partial charge on any atom is 0.220 e. The summed E-state index contributed by atoms with van der Waals surface area (Å²) in [4.78, 5) is 38.9. The van der Waals surface area contributed by atoms with Crippen LogP contribution in [0.3, 0.4) is 0 Å². The van der Waals surface area contributed by atoms with Gasteiger partial charge in [-0.15, -0.1) is 0 Å². The maximum absolute atomic E-state index is 13.7. The van der Waals surface area contributed by atoms with E-state index in [1.165, 1.54) is 11.1 Å². The molecule has 4 heteroatoms. The molecule has 0 aromatic rings. The lowest BCUT2D eigenvalue weighted by molar-refractivity contribution is -0.137. The average Bonchev–Trinajstić information content (AvgIpc) is 2.70. The third kappa shape index (κ3) is 2.53. The summed E-state index contributed by atoms with van der Waals surface area (Å²) in [5.74, 6) is 0.00899. The lowest BCUT2D eigenvalue weighted by atomic mass is 9.40. The molecule has 4 nitrogen and oxygen atoms in total. The average molecular weight is 435 g/mol. The molecule has 170 valence electrons. The van der Waals surface area contributed by atoms with E-state index in [-0.39, 0.29) is 40.0 Å². The summed E-state index contributed by atoms with van der Waals surface area (Å²) in [6.45, 7) is 12.7. The van der Waals surface area contributed by atoms with Crippen LogP contribution in [0.15, 0.2) is 45.8 Å². The summed E-state index contributed by atoms with van der Waals surface area (Å²) < 4.78 is 0. The van der Waals surface area contributed by atoms with Crippen LogP contribution in [0.2, 0.25) is 0 Å². The van der Waals surface area contributed by atoms with Crippen LogP contribution in [0.1, 0.15) is 73.6 Å². The van der Waals surface area contributed by atoms with Gasteiger partial charge in [0.05, 0.1) is 5.92 Å². The molecular weight excluding hydrogens is 400 g/mol. The molecule has 2 fully saturated rings. The summed E-state index contributed by atoms with van der Waals surface area (Å²) in [6, 6.07) is 0. The van der Waals surface area contributed by atoms with Gasteiger partial charge in [-0.1, -0.05) is 38.8 Å². The summed E-state index contributed by atoms with van der Waals surface area (Å²) in [5.41, 5.74) is 4.03. The van der Waals surface area contributed by atoms with Crippen molar-refractivity contribution in [2.75, 3.05) is 0 Å². The van der Waals surface area contributed by atoms with Crippen LogP contribution in [0.25, 0.3) is 0 Å². The van der Waals surface area contributed by atoms with Crippen molar-refractivity contribution in [3.63, 3.8) is 0 Å². The number of aliphatic hydroxyl groups excluding tert-OH is 1. The van der Waals surface area contributed by atoms with Crippen LogP contribution in [0.4, 0.5) is 0 Å². The van der Waals surface area contributed by atoms with Gasteiger partial charge in [0.25, 0.3) is 0 Å². The Morgan fingerprint density at radius 2 is 1.62 bits per heavy atom. The SMILES string of the molecule is CC1=C2[C@H]3C(=O)C=C4C(=CC(=O)C(O)=C4C)[C@]3(C)CC[C@@]2(C)[C@@H]2C[C@@H](C)C(=O)C[C@]2(C)C1. The van der Waals surface area contributed by atoms with Crippen LogP contribution in [-0.4, -0.2) is 22.5 Å². The second kappa shape index (κ2) is 6.42. The molecule has 0 aromatic heterocycles. The number of hydrogen-bond donors (Lipinski definition) is 1. The van der Waals surface area contributed by atoms with E-state index in [4.69, 9.17) is 0 Å². The summed E-state index contributed by atoms with van der Waals surface area (Å²) in [7, 11) is 0. The quantitative estimate of drug-likeness (QED) is 0.504. The van der Waals surface area contributed by atoms with Crippen molar-refractivity contribution in [3.8, 4) is 0 Å². The van der Waals surface area contributed by atoms with Gasteiger partial charge in [0.1, 0.15) is 5.78 Å². The number of allylic oxidation sites excluding steroid dienone is 7. The first kappa shape index (κ1) is 21.6. The van der Waals surface area contributed by atoms with Crippen LogP contribution < -0.4 is 0 Å². The third-order valence-electron chi connectivity index (χ3n) is 9.91. The Bertz CT molecular complexity index is 1110. The molecule has 0 heterocycles. The zero-order valence-electron chi connectivity index (χ0n) is 20.1. The fraction of sp³-hybridized carbons (Fsp3) is 0.607. The van der Waals surface area contributed by atoms with Crippen LogP contribution in [0.5, 0.6) is 0 Å². The van der Waals surface area contributed by atoms with Gasteiger partial charge in [0, 0.05) is 23.3 Å². The predicted octanol–water partition coefficient (Wildman–Crippen LogP) is 5.60. The van der Waals surface area contributed by atoms with E-state index in [0.29, 0.717) is 23.7 Å². The van der Waals surface area contributed by atoms with E-state index in [1.54, 1.807) is 19.1 Å². The monoisotopic (exact) mass is 434 g/mol. The van der Waals surface area contributed by atoms with Crippen molar-refractivity contribution in [2.24, 2.45) is 34.0 Å². The molecule has 5 aliphatic carbocycles. The maximum atomic E-state index is 13.7. The number of hydrogen-bond acceptors (Lipinski definition) is 4. The molecule has 1 N–H and O–H groups in total. The van der Waals surface area contributed by atoms with Gasteiger partial charge in [-0.25, -0.2) is 0 Å². The molecule has 0 bridgehead atoms. The molecular formula is C28H34O4. The Balaban J connectivity index is 1.70. The molecule has 0 aromatic carbocycles. The molecule has 2 saturated carbocycles. The summed E-state index contributed by atoms with van der Waals surface area (Å²) >= 11 is 0. The van der Waals surface area contributed by atoms with E-state index in [9.17, 15) is 19.5 Å². The minimum absolute atomic E-state index is 0.0520.